The molecular weight excluding hydrogens is 344 g/mol. The lowest BCUT2D eigenvalue weighted by molar-refractivity contribution is 0.672. The molecule has 4 nitrogen and oxygen atoms in total. The van der Waals surface area contributed by atoms with Gasteiger partial charge in [-0.1, -0.05) is 91.0 Å². The molecule has 0 atom stereocenters. The van der Waals surface area contributed by atoms with E-state index in [4.69, 9.17) is 4.98 Å². The molecule has 0 radical (unpaired) electrons. The zero-order valence-electron chi connectivity index (χ0n) is 15.2. The summed E-state index contributed by atoms with van der Waals surface area (Å²) in [5.74, 6) is 0.872. The summed E-state index contributed by atoms with van der Waals surface area (Å²) in [7, 11) is 0. The van der Waals surface area contributed by atoms with Gasteiger partial charge in [0, 0.05) is 29.1 Å². The van der Waals surface area contributed by atoms with Gasteiger partial charge in [0.05, 0.1) is 11.4 Å². The van der Waals surface area contributed by atoms with Crippen molar-refractivity contribution in [1.82, 2.24) is 19.3 Å². The second-order valence-electron chi connectivity index (χ2n) is 6.49. The van der Waals surface area contributed by atoms with Crippen LogP contribution in [0.4, 0.5) is 0 Å². The predicted octanol–water partition coefficient (Wildman–Crippen LogP) is 5.39. The lowest BCUT2D eigenvalue weighted by atomic mass is 10.1. The Hall–Kier alpha value is -3.92. The van der Waals surface area contributed by atoms with Crippen LogP contribution in [0.3, 0.4) is 0 Å². The number of hydrogen-bond donors (Lipinski definition) is 0. The first-order valence-corrected chi connectivity index (χ1v) is 9.19. The summed E-state index contributed by atoms with van der Waals surface area (Å²) in [5, 5.41) is 0. The van der Waals surface area contributed by atoms with Crippen LogP contribution in [0.1, 0.15) is 0 Å². The molecule has 134 valence electrons. The van der Waals surface area contributed by atoms with Crippen molar-refractivity contribution in [2.45, 2.75) is 0 Å². The Balaban J connectivity index is 1.88. The molecule has 0 N–H and O–H groups in total. The molecule has 0 aliphatic heterocycles. The molecule has 0 saturated carbocycles. The van der Waals surface area contributed by atoms with Gasteiger partial charge in [0.2, 0.25) is 0 Å². The Morgan fingerprint density at radius 1 is 0.607 bits per heavy atom. The Morgan fingerprint density at radius 2 is 1.18 bits per heavy atom. The molecule has 3 aromatic carbocycles. The van der Waals surface area contributed by atoms with E-state index in [9.17, 15) is 0 Å². The van der Waals surface area contributed by atoms with E-state index in [2.05, 4.69) is 58.2 Å². The Bertz CT molecular complexity index is 1180. The molecule has 0 spiro atoms. The first-order valence-electron chi connectivity index (χ1n) is 9.19. The topological polar surface area (TPSA) is 35.6 Å². The smallest absolute Gasteiger partial charge is 0.160 e. The van der Waals surface area contributed by atoms with Crippen LogP contribution in [0.2, 0.25) is 0 Å². The van der Waals surface area contributed by atoms with Crippen molar-refractivity contribution < 1.29 is 0 Å². The molecule has 0 aliphatic carbocycles. The fraction of sp³-hybridized carbons (Fsp3) is 0. The summed E-state index contributed by atoms with van der Waals surface area (Å²) in [6.45, 7) is 0. The highest BCUT2D eigenvalue weighted by atomic mass is 15.5. The van der Waals surface area contributed by atoms with Crippen LogP contribution in [0.15, 0.2) is 110 Å². The van der Waals surface area contributed by atoms with E-state index in [0.29, 0.717) is 0 Å². The molecule has 4 heteroatoms. The monoisotopic (exact) mass is 362 g/mol. The number of benzene rings is 3. The van der Waals surface area contributed by atoms with Crippen LogP contribution in [0.25, 0.3) is 33.9 Å². The highest BCUT2D eigenvalue weighted by Gasteiger charge is 2.22. The van der Waals surface area contributed by atoms with Crippen molar-refractivity contribution in [3.05, 3.63) is 110 Å². The first-order chi connectivity index (χ1) is 13.9. The van der Waals surface area contributed by atoms with E-state index in [1.807, 2.05) is 53.3 Å². The van der Waals surface area contributed by atoms with Gasteiger partial charge in [-0.2, -0.15) is 0 Å². The summed E-state index contributed by atoms with van der Waals surface area (Å²) in [4.78, 5) is 9.36. The lowest BCUT2D eigenvalue weighted by Crippen LogP contribution is -2.10. The number of imidazole rings is 2. The maximum atomic E-state index is 5.10. The molecule has 0 fully saturated rings. The predicted molar refractivity (Wildman–Crippen MR) is 112 cm³/mol. The van der Waals surface area contributed by atoms with E-state index in [-0.39, 0.29) is 0 Å². The molecule has 5 aromatic rings. The minimum absolute atomic E-state index is 0.872. The SMILES string of the molecule is c1ccc(-c2nc(-c3ccccc3)n(-n3ccnc3)c2-c2ccccc2)cc1. The maximum Gasteiger partial charge on any atom is 0.160 e. The number of nitrogens with zero attached hydrogens (tertiary/aromatic N) is 4. The zero-order chi connectivity index (χ0) is 18.8. The number of hydrogen-bond acceptors (Lipinski definition) is 2. The van der Waals surface area contributed by atoms with E-state index in [0.717, 1.165) is 33.9 Å². The largest absolute Gasteiger partial charge is 0.243 e. The van der Waals surface area contributed by atoms with Gasteiger partial charge in [0.25, 0.3) is 0 Å². The highest BCUT2D eigenvalue weighted by molar-refractivity contribution is 5.82. The third kappa shape index (κ3) is 2.81. The summed E-state index contributed by atoms with van der Waals surface area (Å²) in [6, 6.07) is 30.9. The van der Waals surface area contributed by atoms with Crippen molar-refractivity contribution in [2.75, 3.05) is 0 Å². The molecule has 2 heterocycles. The van der Waals surface area contributed by atoms with Gasteiger partial charge in [-0.15, -0.1) is 0 Å². The summed E-state index contributed by atoms with van der Waals surface area (Å²) >= 11 is 0. The van der Waals surface area contributed by atoms with Crippen molar-refractivity contribution in [3.8, 4) is 33.9 Å². The Morgan fingerprint density at radius 3 is 1.75 bits per heavy atom. The first kappa shape index (κ1) is 16.3. The average molecular weight is 362 g/mol. The normalized spacial score (nSPS) is 10.9. The van der Waals surface area contributed by atoms with Crippen LogP contribution in [0, 0.1) is 0 Å². The van der Waals surface area contributed by atoms with Crippen molar-refractivity contribution in [3.63, 3.8) is 0 Å². The van der Waals surface area contributed by atoms with Gasteiger partial charge in [-0.3, -0.25) is 0 Å². The number of aromatic nitrogens is 4. The molecule has 0 saturated heterocycles. The summed E-state index contributed by atoms with van der Waals surface area (Å²) in [5.41, 5.74) is 5.21. The lowest BCUT2D eigenvalue weighted by Gasteiger charge is -2.13. The average Bonchev–Trinajstić information content (AvgIpc) is 3.43. The van der Waals surface area contributed by atoms with Crippen LogP contribution < -0.4 is 0 Å². The minimum Gasteiger partial charge on any atom is -0.243 e. The van der Waals surface area contributed by atoms with E-state index >= 15 is 0 Å². The highest BCUT2D eigenvalue weighted by Crippen LogP contribution is 2.36. The second-order valence-corrected chi connectivity index (χ2v) is 6.49. The molecule has 0 bridgehead atoms. The van der Waals surface area contributed by atoms with Crippen molar-refractivity contribution in [1.29, 1.82) is 0 Å². The van der Waals surface area contributed by atoms with Crippen LogP contribution in [-0.2, 0) is 0 Å². The third-order valence-electron chi connectivity index (χ3n) is 4.70. The van der Waals surface area contributed by atoms with Gasteiger partial charge < -0.3 is 0 Å². The Labute approximate surface area is 163 Å². The molecule has 2 aromatic heterocycles. The van der Waals surface area contributed by atoms with E-state index < -0.39 is 0 Å². The van der Waals surface area contributed by atoms with Gasteiger partial charge in [-0.05, 0) is 0 Å². The molecule has 28 heavy (non-hydrogen) atoms. The van der Waals surface area contributed by atoms with Gasteiger partial charge in [0.1, 0.15) is 6.33 Å². The van der Waals surface area contributed by atoms with Crippen LogP contribution in [-0.4, -0.2) is 19.3 Å². The minimum atomic E-state index is 0.872. The van der Waals surface area contributed by atoms with Crippen LogP contribution in [0.5, 0.6) is 0 Å². The molecular formula is C24H18N4. The van der Waals surface area contributed by atoms with Crippen molar-refractivity contribution in [2.24, 2.45) is 0 Å². The fourth-order valence-corrected chi connectivity index (χ4v) is 3.43. The summed E-state index contributed by atoms with van der Waals surface area (Å²) < 4.78 is 4.10. The van der Waals surface area contributed by atoms with Gasteiger partial charge in [-0.25, -0.2) is 19.3 Å². The third-order valence-corrected chi connectivity index (χ3v) is 4.70. The quantitative estimate of drug-likeness (QED) is 0.429. The molecule has 0 amide bonds. The van der Waals surface area contributed by atoms with Gasteiger partial charge >= 0.3 is 0 Å². The van der Waals surface area contributed by atoms with Crippen LogP contribution >= 0.6 is 0 Å². The molecule has 0 aliphatic rings. The summed E-state index contributed by atoms with van der Waals surface area (Å²) in [6.07, 6.45) is 5.52. The van der Waals surface area contributed by atoms with Gasteiger partial charge in [0.15, 0.2) is 5.82 Å². The number of rotatable bonds is 4. The van der Waals surface area contributed by atoms with E-state index in [1.165, 1.54) is 0 Å². The second kappa shape index (κ2) is 7.00. The standard InChI is InChI=1S/C24H18N4/c1-4-10-19(11-5-1)22-23(20-12-6-2-7-13-20)28(27-17-16-25-18-27)24(26-22)21-14-8-3-9-15-21/h1-18H. The molecule has 5 rings (SSSR count). The molecule has 0 unspecified atom stereocenters. The maximum absolute atomic E-state index is 5.10. The fourth-order valence-electron chi connectivity index (χ4n) is 3.43. The zero-order valence-corrected chi connectivity index (χ0v) is 15.2. The van der Waals surface area contributed by atoms with E-state index in [1.54, 1.807) is 12.5 Å². The van der Waals surface area contributed by atoms with Crippen molar-refractivity contribution >= 4 is 0 Å². The Kier molecular flexibility index (Phi) is 4.07.